The molecule has 0 radical (unpaired) electrons. The molecule has 0 bridgehead atoms. The first-order valence-electron chi connectivity index (χ1n) is 10.1. The van der Waals surface area contributed by atoms with Gasteiger partial charge in [-0.05, 0) is 37.0 Å². The third-order valence-corrected chi connectivity index (χ3v) is 5.94. The summed E-state index contributed by atoms with van der Waals surface area (Å²) in [7, 11) is 0. The highest BCUT2D eigenvalue weighted by atomic mass is 16.5. The van der Waals surface area contributed by atoms with Gasteiger partial charge in [0.25, 0.3) is 5.78 Å². The van der Waals surface area contributed by atoms with Gasteiger partial charge in [-0.3, -0.25) is 4.79 Å². The van der Waals surface area contributed by atoms with Crippen LogP contribution in [0.5, 0.6) is 5.75 Å². The summed E-state index contributed by atoms with van der Waals surface area (Å²) in [5.74, 6) is 2.61. The Morgan fingerprint density at radius 1 is 1.24 bits per heavy atom. The second-order valence-corrected chi connectivity index (χ2v) is 7.66. The molecule has 1 fully saturated rings. The highest BCUT2D eigenvalue weighted by Gasteiger charge is 2.28. The minimum absolute atomic E-state index is 0.113. The summed E-state index contributed by atoms with van der Waals surface area (Å²) in [5, 5.41) is 4.32. The number of ether oxygens (including phenoxy) is 1. The van der Waals surface area contributed by atoms with Gasteiger partial charge in [-0.25, -0.2) is 4.98 Å². The van der Waals surface area contributed by atoms with Crippen molar-refractivity contribution in [2.45, 2.75) is 38.8 Å². The molecule has 0 unspecified atom stereocenters. The maximum Gasteiger partial charge on any atom is 0.254 e. The fourth-order valence-corrected chi connectivity index (χ4v) is 4.39. The first-order chi connectivity index (χ1) is 14.2. The molecule has 1 saturated heterocycles. The van der Waals surface area contributed by atoms with E-state index in [4.69, 9.17) is 4.74 Å². The number of fused-ring (bicyclic) bond motifs is 2. The van der Waals surface area contributed by atoms with Crippen LogP contribution in [0.3, 0.4) is 0 Å². The van der Waals surface area contributed by atoms with Gasteiger partial charge in [0.05, 0.1) is 6.04 Å². The molecule has 0 N–H and O–H groups in total. The average Bonchev–Trinajstić information content (AvgIpc) is 3.40. The molecule has 4 heterocycles. The lowest BCUT2D eigenvalue weighted by molar-refractivity contribution is -0.129. The van der Waals surface area contributed by atoms with Gasteiger partial charge in [-0.2, -0.15) is 14.6 Å². The Hall–Kier alpha value is -3.16. The largest absolute Gasteiger partial charge is 0.491 e. The van der Waals surface area contributed by atoms with Crippen LogP contribution in [0, 0.1) is 0 Å². The molecule has 8 nitrogen and oxygen atoms in total. The molecule has 0 spiro atoms. The first kappa shape index (κ1) is 17.9. The van der Waals surface area contributed by atoms with E-state index in [1.807, 2.05) is 23.1 Å². The minimum Gasteiger partial charge on any atom is -0.491 e. The van der Waals surface area contributed by atoms with Crippen molar-refractivity contribution in [1.82, 2.24) is 24.5 Å². The Morgan fingerprint density at radius 3 is 3.07 bits per heavy atom. The quantitative estimate of drug-likeness (QED) is 0.677. The highest BCUT2D eigenvalue weighted by Crippen LogP contribution is 2.30. The van der Waals surface area contributed by atoms with Crippen molar-refractivity contribution in [2.24, 2.45) is 0 Å². The van der Waals surface area contributed by atoms with Crippen molar-refractivity contribution in [3.05, 3.63) is 47.9 Å². The van der Waals surface area contributed by atoms with Gasteiger partial charge in [0.15, 0.2) is 0 Å². The number of nitrogens with zero attached hydrogens (tertiary/aromatic N) is 6. The van der Waals surface area contributed by atoms with Crippen molar-refractivity contribution < 1.29 is 9.53 Å². The average molecular weight is 392 g/mol. The van der Waals surface area contributed by atoms with Crippen molar-refractivity contribution in [3.63, 3.8) is 0 Å². The Kier molecular flexibility index (Phi) is 4.54. The normalized spacial score (nSPS) is 18.9. The lowest BCUT2D eigenvalue weighted by atomic mass is 9.99. The van der Waals surface area contributed by atoms with Gasteiger partial charge in [0.2, 0.25) is 5.91 Å². The van der Waals surface area contributed by atoms with E-state index in [9.17, 15) is 4.79 Å². The zero-order valence-electron chi connectivity index (χ0n) is 16.5. The molecular formula is C21H24N6O2. The van der Waals surface area contributed by atoms with E-state index >= 15 is 0 Å². The summed E-state index contributed by atoms with van der Waals surface area (Å²) in [6.45, 7) is 4.58. The smallest absolute Gasteiger partial charge is 0.254 e. The van der Waals surface area contributed by atoms with E-state index in [0.29, 0.717) is 18.9 Å². The maximum absolute atomic E-state index is 11.8. The lowest BCUT2D eigenvalue weighted by Gasteiger charge is -2.30. The number of carbonyl (C=O) groups is 1. The van der Waals surface area contributed by atoms with Crippen molar-refractivity contribution in [3.8, 4) is 5.75 Å². The Balaban J connectivity index is 1.35. The predicted octanol–water partition coefficient (Wildman–Crippen LogP) is 2.08. The number of hydrogen-bond donors (Lipinski definition) is 0. The lowest BCUT2D eigenvalue weighted by Crippen LogP contribution is -2.36. The van der Waals surface area contributed by atoms with Gasteiger partial charge < -0.3 is 14.5 Å². The van der Waals surface area contributed by atoms with Crippen LogP contribution in [0.2, 0.25) is 0 Å². The third-order valence-electron chi connectivity index (χ3n) is 5.94. The van der Waals surface area contributed by atoms with Crippen molar-refractivity contribution in [2.75, 3.05) is 24.6 Å². The standard InChI is InChI=1S/C21H24N6O2/c1-15(28)25-11-8-16-4-2-6-19(18(16)12-25)29-13-17-5-3-10-26(17)20-7-9-22-21-23-14-24-27(20)21/h2,4,6-7,9,14,17H,3,5,8,10-13H2,1H3/t17-/m1/s1. The van der Waals surface area contributed by atoms with E-state index in [0.717, 1.165) is 49.5 Å². The van der Waals surface area contributed by atoms with Crippen LogP contribution in [-0.4, -0.2) is 56.1 Å². The van der Waals surface area contributed by atoms with Gasteiger partial charge >= 0.3 is 0 Å². The summed E-state index contributed by atoms with van der Waals surface area (Å²) in [5.41, 5.74) is 2.42. The Labute approximate surface area is 169 Å². The summed E-state index contributed by atoms with van der Waals surface area (Å²) < 4.78 is 8.11. The molecule has 2 aliphatic rings. The fraction of sp³-hybridized carbons (Fsp3) is 0.429. The SMILES string of the molecule is CC(=O)N1CCc2cccc(OC[C@H]3CCCN3c3ccnc4ncnn34)c2C1. The Morgan fingerprint density at radius 2 is 2.17 bits per heavy atom. The molecule has 8 heteroatoms. The molecule has 29 heavy (non-hydrogen) atoms. The van der Waals surface area contributed by atoms with E-state index in [2.05, 4.69) is 26.0 Å². The van der Waals surface area contributed by atoms with Crippen molar-refractivity contribution in [1.29, 1.82) is 0 Å². The summed E-state index contributed by atoms with van der Waals surface area (Å²) in [6.07, 6.45) is 6.36. The molecule has 2 aliphatic heterocycles. The van der Waals surface area contributed by atoms with Crippen LogP contribution >= 0.6 is 0 Å². The van der Waals surface area contributed by atoms with Gasteiger partial charge in [0, 0.05) is 38.3 Å². The van der Waals surface area contributed by atoms with E-state index in [1.165, 1.54) is 11.9 Å². The monoisotopic (exact) mass is 392 g/mol. The van der Waals surface area contributed by atoms with E-state index < -0.39 is 0 Å². The second kappa shape index (κ2) is 7.35. The molecule has 0 aliphatic carbocycles. The predicted molar refractivity (Wildman–Crippen MR) is 108 cm³/mol. The molecular weight excluding hydrogens is 368 g/mol. The number of benzene rings is 1. The van der Waals surface area contributed by atoms with Crippen LogP contribution in [-0.2, 0) is 17.8 Å². The second-order valence-electron chi connectivity index (χ2n) is 7.66. The maximum atomic E-state index is 11.8. The molecule has 1 atom stereocenters. The number of rotatable bonds is 4. The number of carbonyl (C=O) groups excluding carboxylic acids is 1. The van der Waals surface area contributed by atoms with E-state index in [1.54, 1.807) is 17.6 Å². The summed E-state index contributed by atoms with van der Waals surface area (Å²) in [6, 6.07) is 8.44. The number of anilines is 1. The number of amides is 1. The van der Waals surface area contributed by atoms with Crippen LogP contribution < -0.4 is 9.64 Å². The number of aromatic nitrogens is 4. The highest BCUT2D eigenvalue weighted by molar-refractivity contribution is 5.73. The third kappa shape index (κ3) is 3.28. The van der Waals surface area contributed by atoms with Gasteiger partial charge in [-0.1, -0.05) is 12.1 Å². The molecule has 1 aromatic carbocycles. The molecule has 2 aromatic heterocycles. The Bertz CT molecular complexity index is 1050. The molecule has 3 aromatic rings. The summed E-state index contributed by atoms with van der Waals surface area (Å²) >= 11 is 0. The number of hydrogen-bond acceptors (Lipinski definition) is 6. The van der Waals surface area contributed by atoms with Gasteiger partial charge in [0.1, 0.15) is 24.5 Å². The van der Waals surface area contributed by atoms with Crippen LogP contribution in [0.4, 0.5) is 5.82 Å². The van der Waals surface area contributed by atoms with E-state index in [-0.39, 0.29) is 11.9 Å². The summed E-state index contributed by atoms with van der Waals surface area (Å²) in [4.78, 5) is 24.5. The molecule has 0 saturated carbocycles. The zero-order chi connectivity index (χ0) is 19.8. The molecule has 5 rings (SSSR count). The fourth-order valence-electron chi connectivity index (χ4n) is 4.39. The molecule has 1 amide bonds. The first-order valence-corrected chi connectivity index (χ1v) is 10.1. The molecule has 150 valence electrons. The topological polar surface area (TPSA) is 75.9 Å². The zero-order valence-corrected chi connectivity index (χ0v) is 16.5. The minimum atomic E-state index is 0.113. The van der Waals surface area contributed by atoms with Gasteiger partial charge in [-0.15, -0.1) is 0 Å². The van der Waals surface area contributed by atoms with Crippen LogP contribution in [0.1, 0.15) is 30.9 Å². The van der Waals surface area contributed by atoms with Crippen molar-refractivity contribution >= 4 is 17.5 Å². The van der Waals surface area contributed by atoms with Crippen LogP contribution in [0.15, 0.2) is 36.8 Å². The van der Waals surface area contributed by atoms with Crippen LogP contribution in [0.25, 0.3) is 5.78 Å².